The van der Waals surface area contributed by atoms with E-state index in [2.05, 4.69) is 22.9 Å². The molecule has 0 aliphatic carbocycles. The first-order chi connectivity index (χ1) is 9.86. The molecule has 0 spiro atoms. The van der Waals surface area contributed by atoms with E-state index >= 15 is 0 Å². The first-order valence-corrected chi connectivity index (χ1v) is 9.34. The van der Waals surface area contributed by atoms with Gasteiger partial charge in [0.1, 0.15) is 4.90 Å². The topological polar surface area (TPSA) is 63.4 Å². The van der Waals surface area contributed by atoms with Crippen molar-refractivity contribution in [3.05, 3.63) is 22.4 Å². The Bertz CT molecular complexity index is 622. The number of sulfonamides is 1. The smallest absolute Gasteiger partial charge is 0.246 e. The lowest BCUT2D eigenvalue weighted by Gasteiger charge is -2.21. The van der Waals surface area contributed by atoms with E-state index in [0.29, 0.717) is 19.0 Å². The van der Waals surface area contributed by atoms with Gasteiger partial charge in [-0.05, 0) is 53.2 Å². The molecule has 1 aromatic rings. The number of nitrogens with zero attached hydrogens (tertiary/aromatic N) is 1. The van der Waals surface area contributed by atoms with Crippen LogP contribution in [0.1, 0.15) is 32.6 Å². The molecule has 1 aromatic carbocycles. The molecule has 2 rings (SSSR count). The van der Waals surface area contributed by atoms with Gasteiger partial charge in [0, 0.05) is 18.8 Å². The molecule has 1 saturated heterocycles. The van der Waals surface area contributed by atoms with Crippen molar-refractivity contribution in [3.8, 4) is 0 Å². The summed E-state index contributed by atoms with van der Waals surface area (Å²) < 4.78 is 41.0. The molecule has 1 atom stereocenters. The average molecular weight is 379 g/mol. The highest BCUT2D eigenvalue weighted by molar-refractivity contribution is 9.10. The van der Waals surface area contributed by atoms with Crippen LogP contribution < -0.4 is 5.73 Å². The quantitative estimate of drug-likeness (QED) is 0.819. The highest BCUT2D eigenvalue weighted by Crippen LogP contribution is 2.30. The van der Waals surface area contributed by atoms with E-state index in [9.17, 15) is 12.8 Å². The summed E-state index contributed by atoms with van der Waals surface area (Å²) in [7, 11) is -3.84. The zero-order valence-electron chi connectivity index (χ0n) is 12.0. The molecule has 7 heteroatoms. The molecule has 1 aliphatic heterocycles. The van der Waals surface area contributed by atoms with Gasteiger partial charge in [-0.25, -0.2) is 12.8 Å². The number of nitrogens with two attached hydrogens (primary N) is 1. The number of halogens is 2. The maximum Gasteiger partial charge on any atom is 0.246 e. The minimum absolute atomic E-state index is 0.0716. The molecule has 1 aliphatic rings. The van der Waals surface area contributed by atoms with Gasteiger partial charge in [-0.2, -0.15) is 4.31 Å². The molecule has 0 amide bonds. The summed E-state index contributed by atoms with van der Waals surface area (Å²) in [5, 5.41) is 0. The number of rotatable bonds is 3. The highest BCUT2D eigenvalue weighted by atomic mass is 79.9. The molecule has 1 unspecified atom stereocenters. The van der Waals surface area contributed by atoms with E-state index in [1.165, 1.54) is 16.4 Å². The number of hydrogen-bond acceptors (Lipinski definition) is 3. The molecular formula is C14H20BrFN2O2S. The highest BCUT2D eigenvalue weighted by Gasteiger charge is 2.30. The van der Waals surface area contributed by atoms with Crippen LogP contribution in [0.3, 0.4) is 0 Å². The second-order valence-electron chi connectivity index (χ2n) is 5.42. The first-order valence-electron chi connectivity index (χ1n) is 7.11. The molecule has 118 valence electrons. The Morgan fingerprint density at radius 1 is 1.38 bits per heavy atom. The van der Waals surface area contributed by atoms with Crippen LogP contribution in [0.5, 0.6) is 0 Å². The second-order valence-corrected chi connectivity index (χ2v) is 8.18. The molecule has 1 heterocycles. The van der Waals surface area contributed by atoms with E-state index in [1.807, 2.05) is 0 Å². The summed E-state index contributed by atoms with van der Waals surface area (Å²) in [5.74, 6) is -0.233. The van der Waals surface area contributed by atoms with Gasteiger partial charge in [-0.3, -0.25) is 0 Å². The Kier molecular flexibility index (Phi) is 5.27. The predicted octanol–water partition coefficient (Wildman–Crippen LogP) is 3.37. The number of benzene rings is 1. The lowest BCUT2D eigenvalue weighted by atomic mass is 9.98. The second kappa shape index (κ2) is 6.62. The van der Waals surface area contributed by atoms with Gasteiger partial charge < -0.3 is 5.73 Å². The van der Waals surface area contributed by atoms with Crippen molar-refractivity contribution >= 4 is 31.6 Å². The Labute approximate surface area is 133 Å². The number of anilines is 1. The Balaban J connectivity index is 2.34. The number of hydrogen-bond donors (Lipinski definition) is 1. The third-order valence-electron chi connectivity index (χ3n) is 4.02. The maximum absolute atomic E-state index is 14.2. The Morgan fingerprint density at radius 3 is 2.76 bits per heavy atom. The summed E-state index contributed by atoms with van der Waals surface area (Å²) in [5.41, 5.74) is 5.87. The molecule has 0 bridgehead atoms. The summed E-state index contributed by atoms with van der Waals surface area (Å²) in [6.07, 6.45) is 3.70. The standard InChI is InChI=1S/C14H20BrFN2O2S/c1-2-10-4-3-6-18(7-5-10)21(19,20)13-9-11(17)8-12(15)14(13)16/h8-10H,2-7,17H2,1H3. The van der Waals surface area contributed by atoms with E-state index in [0.717, 1.165) is 25.7 Å². The third-order valence-corrected chi connectivity index (χ3v) is 6.49. The van der Waals surface area contributed by atoms with E-state index in [4.69, 9.17) is 5.73 Å². The molecule has 4 nitrogen and oxygen atoms in total. The summed E-state index contributed by atoms with van der Waals surface area (Å²) in [6.45, 7) is 2.99. The minimum Gasteiger partial charge on any atom is -0.399 e. The molecule has 0 saturated carbocycles. The van der Waals surface area contributed by atoms with Gasteiger partial charge in [0.2, 0.25) is 10.0 Å². The van der Waals surface area contributed by atoms with Crippen LogP contribution in [0.4, 0.5) is 10.1 Å². The van der Waals surface area contributed by atoms with Crippen molar-refractivity contribution < 1.29 is 12.8 Å². The molecule has 0 radical (unpaired) electrons. The molecular weight excluding hydrogens is 359 g/mol. The zero-order valence-corrected chi connectivity index (χ0v) is 14.4. The van der Waals surface area contributed by atoms with Crippen LogP contribution in [0.2, 0.25) is 0 Å². The SMILES string of the molecule is CCC1CCCN(S(=O)(=O)c2cc(N)cc(Br)c2F)CC1. The van der Waals surface area contributed by atoms with Crippen molar-refractivity contribution in [3.63, 3.8) is 0 Å². The van der Waals surface area contributed by atoms with E-state index in [-0.39, 0.29) is 15.1 Å². The Morgan fingerprint density at radius 2 is 2.10 bits per heavy atom. The van der Waals surface area contributed by atoms with Crippen LogP contribution in [0.25, 0.3) is 0 Å². The zero-order chi connectivity index (χ0) is 15.6. The van der Waals surface area contributed by atoms with Gasteiger partial charge in [-0.1, -0.05) is 13.3 Å². The Hall–Kier alpha value is -0.660. The van der Waals surface area contributed by atoms with Crippen molar-refractivity contribution in [2.75, 3.05) is 18.8 Å². The van der Waals surface area contributed by atoms with Gasteiger partial charge in [0.15, 0.2) is 5.82 Å². The van der Waals surface area contributed by atoms with Crippen molar-refractivity contribution in [2.24, 2.45) is 5.92 Å². The van der Waals surface area contributed by atoms with Gasteiger partial charge in [0.25, 0.3) is 0 Å². The lowest BCUT2D eigenvalue weighted by Crippen LogP contribution is -2.32. The maximum atomic E-state index is 14.2. The van der Waals surface area contributed by atoms with E-state index in [1.54, 1.807) is 0 Å². The predicted molar refractivity (Wildman–Crippen MR) is 84.9 cm³/mol. The van der Waals surface area contributed by atoms with Crippen LogP contribution in [-0.2, 0) is 10.0 Å². The fraction of sp³-hybridized carbons (Fsp3) is 0.571. The number of nitrogen functional groups attached to an aromatic ring is 1. The fourth-order valence-electron chi connectivity index (χ4n) is 2.70. The summed E-state index contributed by atoms with van der Waals surface area (Å²) >= 11 is 3.01. The van der Waals surface area contributed by atoms with Gasteiger partial charge in [0.05, 0.1) is 4.47 Å². The van der Waals surface area contributed by atoms with Crippen molar-refractivity contribution in [1.82, 2.24) is 4.31 Å². The fourth-order valence-corrected chi connectivity index (χ4v) is 4.92. The van der Waals surface area contributed by atoms with Crippen LogP contribution in [-0.4, -0.2) is 25.8 Å². The first kappa shape index (κ1) is 16.7. The molecule has 1 fully saturated rings. The van der Waals surface area contributed by atoms with Crippen LogP contribution in [0, 0.1) is 11.7 Å². The van der Waals surface area contributed by atoms with Crippen LogP contribution in [0.15, 0.2) is 21.5 Å². The average Bonchev–Trinajstić information content (AvgIpc) is 2.68. The monoisotopic (exact) mass is 378 g/mol. The molecule has 21 heavy (non-hydrogen) atoms. The van der Waals surface area contributed by atoms with Crippen LogP contribution >= 0.6 is 15.9 Å². The molecule has 0 aromatic heterocycles. The van der Waals surface area contributed by atoms with Crippen molar-refractivity contribution in [2.45, 2.75) is 37.5 Å². The summed E-state index contributed by atoms with van der Waals surface area (Å²) in [4.78, 5) is -0.343. The largest absolute Gasteiger partial charge is 0.399 e. The van der Waals surface area contributed by atoms with Gasteiger partial charge >= 0.3 is 0 Å². The summed E-state index contributed by atoms with van der Waals surface area (Å²) in [6, 6.07) is 2.56. The third kappa shape index (κ3) is 3.57. The minimum atomic E-state index is -3.84. The van der Waals surface area contributed by atoms with Crippen molar-refractivity contribution in [1.29, 1.82) is 0 Å². The lowest BCUT2D eigenvalue weighted by molar-refractivity contribution is 0.404. The van der Waals surface area contributed by atoms with E-state index < -0.39 is 15.8 Å². The molecule has 2 N–H and O–H groups in total. The van der Waals surface area contributed by atoms with Gasteiger partial charge in [-0.15, -0.1) is 0 Å². The normalized spacial score (nSPS) is 21.2.